The van der Waals surface area contributed by atoms with Gasteiger partial charge in [-0.2, -0.15) is 13.2 Å². The van der Waals surface area contributed by atoms with E-state index in [1.165, 1.54) is 18.3 Å². The molecular formula is C28H35F3N4O4. The summed E-state index contributed by atoms with van der Waals surface area (Å²) in [5.41, 5.74) is -0.156. The topological polar surface area (TPSA) is 84.0 Å². The van der Waals surface area contributed by atoms with Gasteiger partial charge in [-0.25, -0.2) is 9.78 Å². The van der Waals surface area contributed by atoms with Crippen molar-refractivity contribution in [3.05, 3.63) is 53.9 Å². The van der Waals surface area contributed by atoms with Gasteiger partial charge in [-0.15, -0.1) is 0 Å². The fourth-order valence-electron chi connectivity index (χ4n) is 4.66. The molecule has 0 aliphatic carbocycles. The zero-order chi connectivity index (χ0) is 28.2. The van der Waals surface area contributed by atoms with Crippen LogP contribution in [0.25, 0.3) is 0 Å². The Kier molecular flexibility index (Phi) is 8.56. The zero-order valence-electron chi connectivity index (χ0n) is 22.5. The van der Waals surface area contributed by atoms with Crippen LogP contribution in [0.15, 0.2) is 42.6 Å². The summed E-state index contributed by atoms with van der Waals surface area (Å²) in [6.07, 6.45) is -0.500. The molecule has 0 radical (unpaired) electrons. The van der Waals surface area contributed by atoms with Gasteiger partial charge >= 0.3 is 12.3 Å². The normalized spacial score (nSPS) is 17.6. The maximum Gasteiger partial charge on any atom is 0.416 e. The van der Waals surface area contributed by atoms with Crippen molar-refractivity contribution in [1.82, 2.24) is 15.2 Å². The van der Waals surface area contributed by atoms with Crippen molar-refractivity contribution < 1.29 is 32.2 Å². The van der Waals surface area contributed by atoms with E-state index in [4.69, 9.17) is 9.47 Å². The lowest BCUT2D eigenvalue weighted by molar-refractivity contribution is -0.137. The minimum atomic E-state index is -4.34. The Morgan fingerprint density at radius 1 is 0.923 bits per heavy atom. The Hall–Kier alpha value is -3.50. The molecule has 1 N–H and O–H groups in total. The number of alkyl halides is 3. The van der Waals surface area contributed by atoms with E-state index in [0.717, 1.165) is 17.8 Å². The number of halogens is 3. The molecule has 1 aromatic carbocycles. The largest absolute Gasteiger partial charge is 0.489 e. The summed E-state index contributed by atoms with van der Waals surface area (Å²) >= 11 is 0. The first-order chi connectivity index (χ1) is 18.4. The van der Waals surface area contributed by atoms with Crippen molar-refractivity contribution in [3.63, 3.8) is 0 Å². The number of nitrogens with one attached hydrogen (secondary N) is 1. The number of nitrogens with zero attached hydrogens (tertiary/aromatic N) is 3. The SMILES string of the molecule is CC(C)(C)OC(=O)N1CCC(NC(=O)c2ccc(OC3CCN(c4ccc(C(F)(F)F)cc4)CC3)cn2)CC1. The number of carbonyl (C=O) groups excluding carboxylic acids is 2. The lowest BCUT2D eigenvalue weighted by atomic mass is 10.1. The van der Waals surface area contributed by atoms with Gasteiger partial charge in [0.05, 0.1) is 11.8 Å². The number of hydrogen-bond acceptors (Lipinski definition) is 6. The molecule has 0 bridgehead atoms. The lowest BCUT2D eigenvalue weighted by Gasteiger charge is -2.34. The molecule has 2 fully saturated rings. The van der Waals surface area contributed by atoms with Gasteiger partial charge in [0.15, 0.2) is 0 Å². The molecule has 3 heterocycles. The van der Waals surface area contributed by atoms with E-state index >= 15 is 0 Å². The van der Waals surface area contributed by atoms with Crippen LogP contribution in [0, 0.1) is 0 Å². The third kappa shape index (κ3) is 8.00. The summed E-state index contributed by atoms with van der Waals surface area (Å²) < 4.78 is 49.8. The van der Waals surface area contributed by atoms with Crippen LogP contribution < -0.4 is 15.0 Å². The second kappa shape index (κ2) is 11.7. The van der Waals surface area contributed by atoms with E-state index in [1.54, 1.807) is 17.0 Å². The molecule has 1 aromatic heterocycles. The number of ether oxygens (including phenoxy) is 2. The van der Waals surface area contributed by atoms with Crippen molar-refractivity contribution in [2.45, 2.75) is 70.4 Å². The van der Waals surface area contributed by atoms with Gasteiger partial charge in [0.2, 0.25) is 0 Å². The highest BCUT2D eigenvalue weighted by molar-refractivity contribution is 5.92. The van der Waals surface area contributed by atoms with Crippen molar-refractivity contribution in [2.24, 2.45) is 0 Å². The molecule has 2 aliphatic heterocycles. The molecule has 2 aromatic rings. The van der Waals surface area contributed by atoms with Gasteiger partial charge in [-0.1, -0.05) is 0 Å². The molecule has 2 amide bonds. The fraction of sp³-hybridized carbons (Fsp3) is 0.536. The van der Waals surface area contributed by atoms with Gasteiger partial charge in [0.1, 0.15) is 23.1 Å². The zero-order valence-corrected chi connectivity index (χ0v) is 22.5. The summed E-state index contributed by atoms with van der Waals surface area (Å²) in [5.74, 6) is 0.285. The monoisotopic (exact) mass is 548 g/mol. The van der Waals surface area contributed by atoms with Crippen LogP contribution in [0.1, 0.15) is 62.5 Å². The minimum absolute atomic E-state index is 0.0488. The van der Waals surface area contributed by atoms with Crippen molar-refractivity contribution in [3.8, 4) is 5.75 Å². The Morgan fingerprint density at radius 3 is 2.10 bits per heavy atom. The summed E-state index contributed by atoms with van der Waals surface area (Å²) in [6, 6.07) is 8.50. The number of likely N-dealkylation sites (tertiary alicyclic amines) is 1. The van der Waals surface area contributed by atoms with Crippen LogP contribution in [0.4, 0.5) is 23.7 Å². The second-order valence-electron chi connectivity index (χ2n) is 10.9. The summed E-state index contributed by atoms with van der Waals surface area (Å²) in [5, 5.41) is 2.99. The fourth-order valence-corrected chi connectivity index (χ4v) is 4.66. The van der Waals surface area contributed by atoms with Crippen molar-refractivity contribution >= 4 is 17.7 Å². The first kappa shape index (κ1) is 28.5. The number of benzene rings is 1. The van der Waals surface area contributed by atoms with E-state index in [-0.39, 0.29) is 29.8 Å². The van der Waals surface area contributed by atoms with Crippen LogP contribution in [0.3, 0.4) is 0 Å². The van der Waals surface area contributed by atoms with E-state index in [9.17, 15) is 22.8 Å². The molecule has 0 saturated carbocycles. The third-order valence-corrected chi connectivity index (χ3v) is 6.76. The lowest BCUT2D eigenvalue weighted by Crippen LogP contribution is -2.47. The number of anilines is 1. The third-order valence-electron chi connectivity index (χ3n) is 6.76. The smallest absolute Gasteiger partial charge is 0.416 e. The standard InChI is InChI=1S/C28H35F3N4O4/c1-27(2,3)39-26(37)35-14-10-20(11-15-35)33-25(36)24-9-8-23(18-32-24)38-22-12-16-34(17-13-22)21-6-4-19(5-7-21)28(29,30)31/h4-9,18,20,22H,10-17H2,1-3H3,(H,33,36). The first-order valence-electron chi connectivity index (χ1n) is 13.2. The number of pyridine rings is 1. The predicted octanol–water partition coefficient (Wildman–Crippen LogP) is 5.28. The van der Waals surface area contributed by atoms with E-state index < -0.39 is 17.3 Å². The molecule has 8 nitrogen and oxygen atoms in total. The first-order valence-corrected chi connectivity index (χ1v) is 13.2. The maximum absolute atomic E-state index is 12.8. The molecule has 2 aliphatic rings. The molecule has 0 atom stereocenters. The summed E-state index contributed by atoms with van der Waals surface area (Å²) in [6.45, 7) is 7.84. The highest BCUT2D eigenvalue weighted by Crippen LogP contribution is 2.31. The molecule has 11 heteroatoms. The number of piperidine rings is 2. The number of carbonyl (C=O) groups is 2. The Morgan fingerprint density at radius 2 is 1.56 bits per heavy atom. The molecule has 2 saturated heterocycles. The van der Waals surface area contributed by atoms with Crippen molar-refractivity contribution in [2.75, 3.05) is 31.1 Å². The average molecular weight is 549 g/mol. The van der Waals surface area contributed by atoms with E-state index in [2.05, 4.69) is 10.3 Å². The van der Waals surface area contributed by atoms with Crippen LogP contribution in [-0.2, 0) is 10.9 Å². The molecular weight excluding hydrogens is 513 g/mol. The maximum atomic E-state index is 12.8. The Balaban J connectivity index is 1.20. The molecule has 0 unspecified atom stereocenters. The number of rotatable bonds is 5. The van der Waals surface area contributed by atoms with Crippen LogP contribution in [0.5, 0.6) is 5.75 Å². The molecule has 212 valence electrons. The molecule has 4 rings (SSSR count). The van der Waals surface area contributed by atoms with Gasteiger partial charge in [0, 0.05) is 50.7 Å². The van der Waals surface area contributed by atoms with Crippen LogP contribution in [0.2, 0.25) is 0 Å². The van der Waals surface area contributed by atoms with Gasteiger partial charge in [-0.3, -0.25) is 4.79 Å². The predicted molar refractivity (Wildman–Crippen MR) is 140 cm³/mol. The Labute approximate surface area is 226 Å². The quantitative estimate of drug-likeness (QED) is 0.548. The molecule has 0 spiro atoms. The second-order valence-corrected chi connectivity index (χ2v) is 10.9. The average Bonchev–Trinajstić information content (AvgIpc) is 2.88. The highest BCUT2D eigenvalue weighted by atomic mass is 19.4. The summed E-state index contributed by atoms with van der Waals surface area (Å²) in [4.78, 5) is 32.9. The van der Waals surface area contributed by atoms with Crippen LogP contribution in [-0.4, -0.2) is 65.8 Å². The van der Waals surface area contributed by atoms with Gasteiger partial charge < -0.3 is 24.6 Å². The molecule has 39 heavy (non-hydrogen) atoms. The van der Waals surface area contributed by atoms with E-state index in [0.29, 0.717) is 57.6 Å². The minimum Gasteiger partial charge on any atom is -0.489 e. The Bertz CT molecular complexity index is 1120. The summed E-state index contributed by atoms with van der Waals surface area (Å²) in [7, 11) is 0. The number of hydrogen-bond donors (Lipinski definition) is 1. The number of amides is 2. The van der Waals surface area contributed by atoms with Crippen molar-refractivity contribution in [1.29, 1.82) is 0 Å². The number of aromatic nitrogens is 1. The highest BCUT2D eigenvalue weighted by Gasteiger charge is 2.31. The van der Waals surface area contributed by atoms with Gasteiger partial charge in [-0.05, 0) is 70.0 Å². The van der Waals surface area contributed by atoms with E-state index in [1.807, 2.05) is 25.7 Å². The van der Waals surface area contributed by atoms with Crippen LogP contribution >= 0.6 is 0 Å². The van der Waals surface area contributed by atoms with Gasteiger partial charge in [0.25, 0.3) is 5.91 Å².